The topological polar surface area (TPSA) is 35.6 Å². The minimum absolute atomic E-state index is 0.0402. The van der Waals surface area contributed by atoms with Crippen LogP contribution in [-0.2, 0) is 12.3 Å². The average molecular weight is 341 g/mol. The summed E-state index contributed by atoms with van der Waals surface area (Å²) in [5.74, 6) is 0.934. The monoisotopic (exact) mass is 341 g/mol. The summed E-state index contributed by atoms with van der Waals surface area (Å²) >= 11 is 1.79. The van der Waals surface area contributed by atoms with Crippen LogP contribution in [0.15, 0.2) is 53.4 Å². The molecule has 0 bridgehead atoms. The number of nitrogens with zero attached hydrogens (tertiary/aromatic N) is 2. The lowest BCUT2D eigenvalue weighted by Gasteiger charge is -2.28. The van der Waals surface area contributed by atoms with E-state index in [2.05, 4.69) is 34.5 Å². The molecule has 0 unspecified atom stereocenters. The van der Waals surface area contributed by atoms with Crippen LogP contribution in [-0.4, -0.2) is 38.1 Å². The summed E-state index contributed by atoms with van der Waals surface area (Å²) < 4.78 is 0. The molecular weight excluding hydrogens is 318 g/mol. The maximum absolute atomic E-state index is 12.8. The van der Waals surface area contributed by atoms with Crippen LogP contribution in [0.25, 0.3) is 0 Å². The lowest BCUT2D eigenvalue weighted by molar-refractivity contribution is 0.244. The third-order valence-electron chi connectivity index (χ3n) is 4.07. The highest BCUT2D eigenvalue weighted by Gasteiger charge is 2.22. The van der Waals surface area contributed by atoms with Crippen molar-refractivity contribution in [3.63, 3.8) is 0 Å². The summed E-state index contributed by atoms with van der Waals surface area (Å²) in [7, 11) is 4.01. The fourth-order valence-corrected chi connectivity index (χ4v) is 3.82. The number of carbonyl (C=O) groups is 1. The first-order chi connectivity index (χ1) is 11.6. The van der Waals surface area contributed by atoms with Crippen molar-refractivity contribution in [3.8, 4) is 0 Å². The molecule has 1 N–H and O–H groups in total. The number of thioether (sulfide) groups is 1. The van der Waals surface area contributed by atoms with Gasteiger partial charge >= 0.3 is 6.03 Å². The smallest absolute Gasteiger partial charge is 0.322 e. The highest BCUT2D eigenvalue weighted by molar-refractivity contribution is 7.98. The zero-order valence-electron chi connectivity index (χ0n) is 14.2. The zero-order valence-corrected chi connectivity index (χ0v) is 15.0. The van der Waals surface area contributed by atoms with Gasteiger partial charge in [-0.2, -0.15) is 0 Å². The standard InChI is InChI=1S/C19H23N3OS/c1-21(2)12-11-20-19(23)22-13-15-7-3-4-8-16(15)14-24-18-10-6-5-9-17(18)22/h3-10H,11-14H2,1-2H3,(H,20,23). The van der Waals surface area contributed by atoms with Crippen molar-refractivity contribution in [3.05, 3.63) is 59.7 Å². The Morgan fingerprint density at radius 3 is 2.62 bits per heavy atom. The molecule has 2 aromatic rings. The van der Waals surface area contributed by atoms with Crippen molar-refractivity contribution in [1.82, 2.24) is 10.2 Å². The molecule has 5 heteroatoms. The molecule has 0 aliphatic carbocycles. The number of anilines is 1. The molecule has 4 nitrogen and oxygen atoms in total. The van der Waals surface area contributed by atoms with Gasteiger partial charge < -0.3 is 10.2 Å². The Bertz CT molecular complexity index is 717. The van der Waals surface area contributed by atoms with Gasteiger partial charge in [-0.3, -0.25) is 4.90 Å². The maximum atomic E-state index is 12.8. The molecule has 0 radical (unpaired) electrons. The van der Waals surface area contributed by atoms with Crippen molar-refractivity contribution in [2.75, 3.05) is 32.1 Å². The third-order valence-corrected chi connectivity index (χ3v) is 5.18. The summed E-state index contributed by atoms with van der Waals surface area (Å²) in [6.07, 6.45) is 0. The summed E-state index contributed by atoms with van der Waals surface area (Å²) in [6, 6.07) is 16.5. The van der Waals surface area contributed by atoms with Crippen LogP contribution in [0.2, 0.25) is 0 Å². The van der Waals surface area contributed by atoms with Gasteiger partial charge in [0, 0.05) is 23.7 Å². The molecule has 1 heterocycles. The first-order valence-electron chi connectivity index (χ1n) is 8.14. The van der Waals surface area contributed by atoms with Gasteiger partial charge in [0.25, 0.3) is 0 Å². The molecule has 1 aliphatic heterocycles. The molecule has 2 amide bonds. The molecular formula is C19H23N3OS. The maximum Gasteiger partial charge on any atom is 0.322 e. The Balaban J connectivity index is 1.87. The van der Waals surface area contributed by atoms with Crippen molar-refractivity contribution in [1.29, 1.82) is 0 Å². The Morgan fingerprint density at radius 1 is 1.12 bits per heavy atom. The summed E-state index contributed by atoms with van der Waals surface area (Å²) in [6.45, 7) is 2.06. The van der Waals surface area contributed by atoms with E-state index in [1.54, 1.807) is 11.8 Å². The normalized spacial score (nSPS) is 13.7. The van der Waals surface area contributed by atoms with E-state index in [-0.39, 0.29) is 6.03 Å². The third kappa shape index (κ3) is 3.91. The number of nitrogens with one attached hydrogen (secondary N) is 1. The number of hydrogen-bond acceptors (Lipinski definition) is 3. The SMILES string of the molecule is CN(C)CCNC(=O)N1Cc2ccccc2CSc2ccccc21. The quantitative estimate of drug-likeness (QED) is 0.927. The van der Waals surface area contributed by atoms with Crippen LogP contribution in [0.1, 0.15) is 11.1 Å². The Kier molecular flexibility index (Phi) is 5.43. The van der Waals surface area contributed by atoms with Crippen LogP contribution in [0.3, 0.4) is 0 Å². The highest BCUT2D eigenvalue weighted by Crippen LogP contribution is 2.36. The van der Waals surface area contributed by atoms with Gasteiger partial charge in [0.15, 0.2) is 0 Å². The predicted octanol–water partition coefficient (Wildman–Crippen LogP) is 3.57. The molecule has 0 aromatic heterocycles. The fourth-order valence-electron chi connectivity index (χ4n) is 2.73. The van der Waals surface area contributed by atoms with Crippen molar-refractivity contribution in [2.24, 2.45) is 0 Å². The summed E-state index contributed by atoms with van der Waals surface area (Å²) in [5.41, 5.74) is 3.49. The number of para-hydroxylation sites is 1. The number of carbonyl (C=O) groups excluding carboxylic acids is 1. The molecule has 0 saturated heterocycles. The number of fused-ring (bicyclic) bond motifs is 2. The van der Waals surface area contributed by atoms with Crippen molar-refractivity contribution in [2.45, 2.75) is 17.2 Å². The summed E-state index contributed by atoms with van der Waals surface area (Å²) in [5, 5.41) is 3.04. The largest absolute Gasteiger partial charge is 0.336 e. The van der Waals surface area contributed by atoms with E-state index in [0.29, 0.717) is 13.1 Å². The molecule has 1 aliphatic rings. The van der Waals surface area contributed by atoms with E-state index >= 15 is 0 Å². The summed E-state index contributed by atoms with van der Waals surface area (Å²) in [4.78, 5) is 17.9. The van der Waals surface area contributed by atoms with Crippen LogP contribution in [0.5, 0.6) is 0 Å². The minimum atomic E-state index is -0.0402. The van der Waals surface area contributed by atoms with Crippen LogP contribution >= 0.6 is 11.8 Å². The number of benzene rings is 2. The molecule has 24 heavy (non-hydrogen) atoms. The molecule has 0 spiro atoms. The number of rotatable bonds is 3. The second-order valence-corrected chi connectivity index (χ2v) is 7.16. The molecule has 2 aromatic carbocycles. The number of amides is 2. The fraction of sp³-hybridized carbons (Fsp3) is 0.316. The Labute approximate surface area is 147 Å². The first kappa shape index (κ1) is 16.9. The van der Waals surface area contributed by atoms with Gasteiger partial charge in [-0.1, -0.05) is 36.4 Å². The van der Waals surface area contributed by atoms with Gasteiger partial charge in [0.2, 0.25) is 0 Å². The second kappa shape index (κ2) is 7.73. The Hall–Kier alpha value is -1.98. The van der Waals surface area contributed by atoms with E-state index in [9.17, 15) is 4.79 Å². The minimum Gasteiger partial charge on any atom is -0.336 e. The molecule has 0 fully saturated rings. The molecule has 0 atom stereocenters. The average Bonchev–Trinajstić information content (AvgIpc) is 2.56. The van der Waals surface area contributed by atoms with E-state index in [1.807, 2.05) is 43.3 Å². The van der Waals surface area contributed by atoms with E-state index in [1.165, 1.54) is 11.1 Å². The predicted molar refractivity (Wildman–Crippen MR) is 101 cm³/mol. The van der Waals surface area contributed by atoms with E-state index < -0.39 is 0 Å². The number of likely N-dealkylation sites (N-methyl/N-ethyl adjacent to an activating group) is 1. The van der Waals surface area contributed by atoms with Crippen LogP contribution < -0.4 is 10.2 Å². The molecule has 126 valence electrons. The van der Waals surface area contributed by atoms with Gasteiger partial charge in [-0.25, -0.2) is 4.79 Å². The van der Waals surface area contributed by atoms with Gasteiger partial charge in [0.05, 0.1) is 12.2 Å². The molecule has 0 saturated carbocycles. The van der Waals surface area contributed by atoms with E-state index in [0.717, 1.165) is 22.9 Å². The lowest BCUT2D eigenvalue weighted by atomic mass is 10.1. The second-order valence-electron chi connectivity index (χ2n) is 6.15. The first-order valence-corrected chi connectivity index (χ1v) is 9.12. The van der Waals surface area contributed by atoms with Gasteiger partial charge in [-0.15, -0.1) is 11.8 Å². The lowest BCUT2D eigenvalue weighted by Crippen LogP contribution is -2.42. The zero-order chi connectivity index (χ0) is 16.9. The van der Waals surface area contributed by atoms with Crippen LogP contribution in [0.4, 0.5) is 10.5 Å². The van der Waals surface area contributed by atoms with Crippen molar-refractivity contribution < 1.29 is 4.79 Å². The highest BCUT2D eigenvalue weighted by atomic mass is 32.2. The number of urea groups is 1. The molecule has 3 rings (SSSR count). The Morgan fingerprint density at radius 2 is 1.83 bits per heavy atom. The van der Waals surface area contributed by atoms with Gasteiger partial charge in [-0.05, 0) is 37.4 Å². The van der Waals surface area contributed by atoms with E-state index in [4.69, 9.17) is 0 Å². The van der Waals surface area contributed by atoms with Crippen LogP contribution in [0, 0.1) is 0 Å². The number of hydrogen-bond donors (Lipinski definition) is 1. The van der Waals surface area contributed by atoms with Gasteiger partial charge in [0.1, 0.15) is 0 Å². The van der Waals surface area contributed by atoms with Crippen molar-refractivity contribution >= 4 is 23.5 Å².